The lowest BCUT2D eigenvalue weighted by molar-refractivity contribution is 0.0964. The summed E-state index contributed by atoms with van der Waals surface area (Å²) in [6.45, 7) is 0.514. The van der Waals surface area contributed by atoms with Crippen LogP contribution in [0.2, 0.25) is 0 Å². The minimum Gasteiger partial charge on any atom is -0.353 e. The van der Waals surface area contributed by atoms with E-state index in [0.29, 0.717) is 24.2 Å². The minimum absolute atomic E-state index is 0.0603. The number of amides is 1. The molecule has 3 N–H and O–H groups in total. The van der Waals surface area contributed by atoms with Gasteiger partial charge in [-0.15, -0.1) is 0 Å². The van der Waals surface area contributed by atoms with Gasteiger partial charge < -0.3 is 15.3 Å². The molecule has 2 aromatic heterocycles. The molecule has 5 heteroatoms. The molecule has 0 saturated heterocycles. The predicted molar refractivity (Wildman–Crippen MR) is 96.8 cm³/mol. The van der Waals surface area contributed by atoms with Gasteiger partial charge in [-0.1, -0.05) is 30.4 Å². The SMILES string of the molecule is O=C1CC=Cc2c1[nH]c1c2c2c(c3c4ccccc4[nH]c13)CNC2=O. The van der Waals surface area contributed by atoms with Crippen LogP contribution < -0.4 is 5.32 Å². The van der Waals surface area contributed by atoms with Crippen LogP contribution in [0.15, 0.2) is 30.3 Å². The van der Waals surface area contributed by atoms with Gasteiger partial charge in [0.1, 0.15) is 0 Å². The molecular weight excluding hydrogens is 314 g/mol. The van der Waals surface area contributed by atoms with E-state index < -0.39 is 0 Å². The molecule has 4 aromatic rings. The second kappa shape index (κ2) is 4.19. The molecule has 0 unspecified atom stereocenters. The highest BCUT2D eigenvalue weighted by molar-refractivity contribution is 6.27. The van der Waals surface area contributed by atoms with Crippen molar-refractivity contribution in [3.8, 4) is 0 Å². The third-order valence-corrected chi connectivity index (χ3v) is 5.37. The molecule has 5 nitrogen and oxygen atoms in total. The number of nitrogens with one attached hydrogen (secondary N) is 3. The van der Waals surface area contributed by atoms with Crippen molar-refractivity contribution in [1.82, 2.24) is 15.3 Å². The highest BCUT2D eigenvalue weighted by atomic mass is 16.2. The zero-order valence-corrected chi connectivity index (χ0v) is 13.2. The number of rotatable bonds is 0. The van der Waals surface area contributed by atoms with Gasteiger partial charge in [0.2, 0.25) is 0 Å². The number of benzene rings is 2. The monoisotopic (exact) mass is 327 g/mol. The van der Waals surface area contributed by atoms with Gasteiger partial charge in [-0.05, 0) is 11.6 Å². The maximum atomic E-state index is 12.6. The topological polar surface area (TPSA) is 77.8 Å². The van der Waals surface area contributed by atoms with Crippen molar-refractivity contribution in [2.75, 3.05) is 0 Å². The van der Waals surface area contributed by atoms with Gasteiger partial charge in [0, 0.05) is 40.2 Å². The third kappa shape index (κ3) is 1.44. The van der Waals surface area contributed by atoms with Crippen molar-refractivity contribution in [1.29, 1.82) is 0 Å². The summed E-state index contributed by atoms with van der Waals surface area (Å²) in [6, 6.07) is 8.09. The lowest BCUT2D eigenvalue weighted by Gasteiger charge is -2.06. The van der Waals surface area contributed by atoms with Gasteiger partial charge in [0.05, 0.1) is 22.3 Å². The maximum Gasteiger partial charge on any atom is 0.252 e. The van der Waals surface area contributed by atoms with Crippen molar-refractivity contribution in [3.63, 3.8) is 0 Å². The molecule has 120 valence electrons. The Morgan fingerprint density at radius 2 is 1.80 bits per heavy atom. The number of aromatic amines is 2. The fraction of sp³-hybridized carbons (Fsp3) is 0.100. The molecule has 2 aromatic carbocycles. The third-order valence-electron chi connectivity index (χ3n) is 5.37. The number of hydrogen-bond donors (Lipinski definition) is 3. The Kier molecular flexibility index (Phi) is 2.18. The van der Waals surface area contributed by atoms with Crippen LogP contribution in [0.1, 0.15) is 38.4 Å². The van der Waals surface area contributed by atoms with Gasteiger partial charge in [-0.25, -0.2) is 0 Å². The van der Waals surface area contributed by atoms with Gasteiger partial charge >= 0.3 is 0 Å². The van der Waals surface area contributed by atoms with E-state index in [1.54, 1.807) is 0 Å². The smallest absolute Gasteiger partial charge is 0.252 e. The number of Topliss-reactive ketones (excluding diaryl/α,β-unsaturated/α-hetero) is 1. The summed E-state index contributed by atoms with van der Waals surface area (Å²) in [5.74, 6) is -0.00878. The van der Waals surface area contributed by atoms with E-state index in [2.05, 4.69) is 21.4 Å². The molecular formula is C20H13N3O2. The van der Waals surface area contributed by atoms with Crippen LogP contribution in [0.4, 0.5) is 0 Å². The van der Waals surface area contributed by atoms with Crippen molar-refractivity contribution < 1.29 is 9.59 Å². The second-order valence-electron chi connectivity index (χ2n) is 6.65. The standard InChI is InChI=1S/C20H13N3O2/c24-13-7-3-5-10-15-16-11(8-21-20(16)25)14-9-4-1-2-6-12(9)22-18(14)19(15)23-17(10)13/h1-6,22-23H,7-8H2,(H,21,25). The van der Waals surface area contributed by atoms with E-state index >= 15 is 0 Å². The molecule has 1 amide bonds. The molecule has 25 heavy (non-hydrogen) atoms. The van der Waals surface area contributed by atoms with Gasteiger partial charge in [-0.2, -0.15) is 0 Å². The lowest BCUT2D eigenvalue weighted by atomic mass is 9.94. The first-order valence-electron chi connectivity index (χ1n) is 8.33. The number of allylic oxidation sites excluding steroid dienone is 1. The first kappa shape index (κ1) is 13.0. The van der Waals surface area contributed by atoms with Crippen LogP contribution in [0.3, 0.4) is 0 Å². The molecule has 6 rings (SSSR count). The van der Waals surface area contributed by atoms with Gasteiger partial charge in [0.25, 0.3) is 5.91 Å². The predicted octanol–water partition coefficient (Wildman–Crippen LogP) is 3.65. The highest BCUT2D eigenvalue weighted by Crippen LogP contribution is 2.42. The minimum atomic E-state index is -0.0691. The number of ketones is 1. The Bertz CT molecular complexity index is 1300. The largest absolute Gasteiger partial charge is 0.353 e. The van der Waals surface area contributed by atoms with Crippen LogP contribution in [-0.4, -0.2) is 21.7 Å². The van der Waals surface area contributed by atoms with E-state index in [1.807, 2.05) is 30.4 Å². The average molecular weight is 327 g/mol. The number of H-pyrrole nitrogens is 2. The summed E-state index contributed by atoms with van der Waals surface area (Å²) in [7, 11) is 0. The van der Waals surface area contributed by atoms with Gasteiger partial charge in [0.15, 0.2) is 5.78 Å². The first-order valence-corrected chi connectivity index (χ1v) is 8.33. The summed E-state index contributed by atoms with van der Waals surface area (Å²) < 4.78 is 0. The summed E-state index contributed by atoms with van der Waals surface area (Å²) in [6.07, 6.45) is 4.21. The summed E-state index contributed by atoms with van der Waals surface area (Å²) >= 11 is 0. The van der Waals surface area contributed by atoms with E-state index in [4.69, 9.17) is 0 Å². The number of hydrogen-bond acceptors (Lipinski definition) is 2. The van der Waals surface area contributed by atoms with Crippen molar-refractivity contribution in [2.45, 2.75) is 13.0 Å². The summed E-state index contributed by atoms with van der Waals surface area (Å²) in [4.78, 5) is 31.7. The van der Waals surface area contributed by atoms with Crippen LogP contribution in [0.5, 0.6) is 0 Å². The molecule has 2 aliphatic rings. The van der Waals surface area contributed by atoms with Crippen molar-refractivity contribution in [2.24, 2.45) is 0 Å². The van der Waals surface area contributed by atoms with E-state index in [0.717, 1.165) is 43.8 Å². The zero-order valence-electron chi connectivity index (χ0n) is 13.2. The van der Waals surface area contributed by atoms with Crippen molar-refractivity contribution >= 4 is 50.5 Å². The fourth-order valence-electron chi connectivity index (χ4n) is 4.34. The zero-order chi connectivity index (χ0) is 16.7. The Morgan fingerprint density at radius 1 is 0.960 bits per heavy atom. The summed E-state index contributed by atoms with van der Waals surface area (Å²) in [5, 5.41) is 5.97. The Morgan fingerprint density at radius 3 is 2.72 bits per heavy atom. The second-order valence-corrected chi connectivity index (χ2v) is 6.65. The van der Waals surface area contributed by atoms with E-state index in [-0.39, 0.29) is 11.7 Å². The molecule has 1 aliphatic heterocycles. The number of fused-ring (bicyclic) bond motifs is 10. The van der Waals surface area contributed by atoms with Crippen LogP contribution in [0, 0.1) is 0 Å². The summed E-state index contributed by atoms with van der Waals surface area (Å²) in [5.41, 5.74) is 5.97. The molecule has 0 bridgehead atoms. The normalized spacial score (nSPS) is 16.0. The quantitative estimate of drug-likeness (QED) is 0.461. The number of para-hydroxylation sites is 1. The van der Waals surface area contributed by atoms with E-state index in [9.17, 15) is 9.59 Å². The molecule has 0 radical (unpaired) electrons. The molecule has 1 aliphatic carbocycles. The Hall–Kier alpha value is -3.34. The molecule has 0 fully saturated rings. The number of aromatic nitrogens is 2. The molecule has 0 saturated carbocycles. The molecule has 0 atom stereocenters. The number of carbonyl (C=O) groups excluding carboxylic acids is 2. The van der Waals surface area contributed by atoms with Crippen LogP contribution in [0.25, 0.3) is 38.8 Å². The van der Waals surface area contributed by atoms with Crippen molar-refractivity contribution in [3.05, 3.63) is 52.7 Å². The van der Waals surface area contributed by atoms with Crippen LogP contribution >= 0.6 is 0 Å². The number of carbonyl (C=O) groups is 2. The lowest BCUT2D eigenvalue weighted by Crippen LogP contribution is -2.12. The Balaban J connectivity index is 1.95. The highest BCUT2D eigenvalue weighted by Gasteiger charge is 2.31. The molecule has 3 heterocycles. The first-order chi connectivity index (χ1) is 12.2. The van der Waals surface area contributed by atoms with E-state index in [1.165, 1.54) is 0 Å². The molecule has 0 spiro atoms. The van der Waals surface area contributed by atoms with Gasteiger partial charge in [-0.3, -0.25) is 9.59 Å². The maximum absolute atomic E-state index is 12.6. The van der Waals surface area contributed by atoms with Crippen LogP contribution in [-0.2, 0) is 6.54 Å². The average Bonchev–Trinajstić information content (AvgIpc) is 3.28. The Labute approximate surface area is 141 Å². The fourth-order valence-corrected chi connectivity index (χ4v) is 4.34.